The minimum absolute atomic E-state index is 0.0815. The monoisotopic (exact) mass is 487 g/mol. The molecule has 2 amide bonds. The fourth-order valence-electron chi connectivity index (χ4n) is 2.89. The molecule has 3 N–H and O–H groups in total. The van der Waals surface area contributed by atoms with Gasteiger partial charge in [-0.3, -0.25) is 14.3 Å². The molecule has 3 aromatic rings. The van der Waals surface area contributed by atoms with E-state index in [-0.39, 0.29) is 27.0 Å². The average molecular weight is 488 g/mol. The summed E-state index contributed by atoms with van der Waals surface area (Å²) in [5.41, 5.74) is 0.828. The molecule has 0 saturated heterocycles. The maximum atomic E-state index is 13.0. The zero-order valence-electron chi connectivity index (χ0n) is 17.8. The number of hydrogen-bond donors (Lipinski definition) is 3. The molecule has 0 spiro atoms. The third-order valence-corrected chi connectivity index (χ3v) is 6.33. The van der Waals surface area contributed by atoms with Gasteiger partial charge in [0.25, 0.3) is 15.9 Å². The summed E-state index contributed by atoms with van der Waals surface area (Å²) in [6.45, 7) is 1.52. The van der Waals surface area contributed by atoms with Crippen LogP contribution in [0.25, 0.3) is 0 Å². The standard InChI is InChI=1S/C23H22ClN3O5S/c1-15(25-23(29)16-8-4-3-5-9-16)22(28)26-17-12-13-20(32-2)21(14-17)33(30,31)27-19-11-7-6-10-18(19)24/h3-15,27H,1-2H3,(H,25,29)(H,26,28)/t15-/m0/s1. The maximum Gasteiger partial charge on any atom is 0.265 e. The lowest BCUT2D eigenvalue weighted by Crippen LogP contribution is -2.41. The van der Waals surface area contributed by atoms with Crippen LogP contribution in [0.1, 0.15) is 17.3 Å². The summed E-state index contributed by atoms with van der Waals surface area (Å²) in [5, 5.41) is 5.44. The number of carbonyl (C=O) groups excluding carboxylic acids is 2. The molecule has 33 heavy (non-hydrogen) atoms. The molecule has 8 nitrogen and oxygen atoms in total. The smallest absolute Gasteiger partial charge is 0.265 e. The number of carbonyl (C=O) groups is 2. The molecule has 0 aliphatic carbocycles. The first-order valence-electron chi connectivity index (χ1n) is 9.83. The van der Waals surface area contributed by atoms with Crippen molar-refractivity contribution in [2.45, 2.75) is 17.9 Å². The summed E-state index contributed by atoms with van der Waals surface area (Å²) in [4.78, 5) is 24.7. The molecule has 10 heteroatoms. The quantitative estimate of drug-likeness (QED) is 0.446. The largest absolute Gasteiger partial charge is 0.495 e. The van der Waals surface area contributed by atoms with E-state index in [4.69, 9.17) is 16.3 Å². The number of halogens is 1. The van der Waals surface area contributed by atoms with E-state index in [0.717, 1.165) is 0 Å². The molecular formula is C23H22ClN3O5S. The van der Waals surface area contributed by atoms with Gasteiger partial charge in [0.05, 0.1) is 17.8 Å². The van der Waals surface area contributed by atoms with Gasteiger partial charge in [-0.2, -0.15) is 0 Å². The summed E-state index contributed by atoms with van der Waals surface area (Å²) in [6, 6.07) is 18.2. The first-order chi connectivity index (χ1) is 15.7. The predicted molar refractivity (Wildman–Crippen MR) is 127 cm³/mol. The van der Waals surface area contributed by atoms with E-state index in [1.807, 2.05) is 0 Å². The van der Waals surface area contributed by atoms with Gasteiger partial charge in [-0.25, -0.2) is 8.42 Å². The zero-order valence-corrected chi connectivity index (χ0v) is 19.4. The number of amides is 2. The minimum Gasteiger partial charge on any atom is -0.495 e. The van der Waals surface area contributed by atoms with Gasteiger partial charge >= 0.3 is 0 Å². The van der Waals surface area contributed by atoms with Crippen molar-refractivity contribution in [1.29, 1.82) is 0 Å². The van der Waals surface area contributed by atoms with Crippen LogP contribution in [0.4, 0.5) is 11.4 Å². The first kappa shape index (κ1) is 24.1. The molecule has 1 atom stereocenters. The predicted octanol–water partition coefficient (Wildman–Crippen LogP) is 3.91. The van der Waals surface area contributed by atoms with Crippen molar-refractivity contribution in [3.63, 3.8) is 0 Å². The van der Waals surface area contributed by atoms with Crippen LogP contribution in [0.5, 0.6) is 5.75 Å². The maximum absolute atomic E-state index is 13.0. The molecular weight excluding hydrogens is 466 g/mol. The minimum atomic E-state index is -4.09. The average Bonchev–Trinajstić information content (AvgIpc) is 2.81. The topological polar surface area (TPSA) is 114 Å². The van der Waals surface area contributed by atoms with E-state index in [2.05, 4.69) is 15.4 Å². The number of methoxy groups -OCH3 is 1. The van der Waals surface area contributed by atoms with Crippen LogP contribution in [0, 0.1) is 0 Å². The SMILES string of the molecule is COc1ccc(NC(=O)[C@H](C)NC(=O)c2ccccc2)cc1S(=O)(=O)Nc1ccccc1Cl. The Kier molecular flexibility index (Phi) is 7.57. The van der Waals surface area contributed by atoms with E-state index < -0.39 is 27.9 Å². The molecule has 0 heterocycles. The van der Waals surface area contributed by atoms with Crippen molar-refractivity contribution in [3.05, 3.63) is 83.4 Å². The number of nitrogens with one attached hydrogen (secondary N) is 3. The lowest BCUT2D eigenvalue weighted by molar-refractivity contribution is -0.117. The zero-order chi connectivity index (χ0) is 24.0. The van der Waals surface area contributed by atoms with Gasteiger partial charge in [0.2, 0.25) is 5.91 Å². The van der Waals surface area contributed by atoms with Crippen LogP contribution in [0.3, 0.4) is 0 Å². The van der Waals surface area contributed by atoms with Crippen LogP contribution >= 0.6 is 11.6 Å². The van der Waals surface area contributed by atoms with Crippen LogP contribution < -0.4 is 20.1 Å². The van der Waals surface area contributed by atoms with E-state index >= 15 is 0 Å². The fourth-order valence-corrected chi connectivity index (χ4v) is 4.41. The Morgan fingerprint density at radius 2 is 1.64 bits per heavy atom. The van der Waals surface area contributed by atoms with Crippen molar-refractivity contribution in [1.82, 2.24) is 5.32 Å². The van der Waals surface area contributed by atoms with Crippen molar-refractivity contribution >= 4 is 44.8 Å². The summed E-state index contributed by atoms with van der Waals surface area (Å²) >= 11 is 6.06. The molecule has 0 bridgehead atoms. The number of benzene rings is 3. The Morgan fingerprint density at radius 3 is 2.30 bits per heavy atom. The molecule has 0 unspecified atom stereocenters. The summed E-state index contributed by atoms with van der Waals surface area (Å²) in [5.74, 6) is -0.843. The number of rotatable bonds is 8. The number of hydrogen-bond acceptors (Lipinski definition) is 5. The highest BCUT2D eigenvalue weighted by Crippen LogP contribution is 2.30. The van der Waals surface area contributed by atoms with Crippen LogP contribution in [0.2, 0.25) is 5.02 Å². The second kappa shape index (κ2) is 10.4. The van der Waals surface area contributed by atoms with Gasteiger partial charge in [-0.15, -0.1) is 0 Å². The first-order valence-corrected chi connectivity index (χ1v) is 11.7. The lowest BCUT2D eigenvalue weighted by Gasteiger charge is -2.16. The third kappa shape index (κ3) is 6.03. The van der Waals surface area contributed by atoms with Gasteiger partial charge in [0.15, 0.2) is 0 Å². The molecule has 0 aliphatic heterocycles. The van der Waals surface area contributed by atoms with Gasteiger partial charge in [-0.1, -0.05) is 41.9 Å². The molecule has 0 radical (unpaired) electrons. The van der Waals surface area contributed by atoms with Crippen molar-refractivity contribution in [2.75, 3.05) is 17.1 Å². The van der Waals surface area contributed by atoms with Gasteiger partial charge in [0, 0.05) is 11.3 Å². The van der Waals surface area contributed by atoms with Crippen molar-refractivity contribution in [2.24, 2.45) is 0 Å². The summed E-state index contributed by atoms with van der Waals surface area (Å²) in [7, 11) is -2.76. The van der Waals surface area contributed by atoms with E-state index in [9.17, 15) is 18.0 Å². The van der Waals surface area contributed by atoms with Gasteiger partial charge < -0.3 is 15.4 Å². The van der Waals surface area contributed by atoms with E-state index in [1.165, 1.54) is 38.3 Å². The Hall–Kier alpha value is -3.56. The molecule has 0 saturated carbocycles. The van der Waals surface area contributed by atoms with E-state index in [1.54, 1.807) is 48.5 Å². The Labute approximate surface area is 197 Å². The number of sulfonamides is 1. The number of para-hydroxylation sites is 1. The highest BCUT2D eigenvalue weighted by molar-refractivity contribution is 7.92. The highest BCUT2D eigenvalue weighted by Gasteiger charge is 2.23. The summed E-state index contributed by atoms with van der Waals surface area (Å²) < 4.78 is 33.6. The Morgan fingerprint density at radius 1 is 0.970 bits per heavy atom. The van der Waals surface area contributed by atoms with Crippen LogP contribution in [0.15, 0.2) is 77.7 Å². The van der Waals surface area contributed by atoms with Crippen LogP contribution in [-0.2, 0) is 14.8 Å². The summed E-state index contributed by atoms with van der Waals surface area (Å²) in [6.07, 6.45) is 0. The number of anilines is 2. The molecule has 3 rings (SSSR count). The second-order valence-corrected chi connectivity index (χ2v) is 9.06. The van der Waals surface area contributed by atoms with E-state index in [0.29, 0.717) is 5.56 Å². The van der Waals surface area contributed by atoms with Crippen molar-refractivity contribution < 1.29 is 22.7 Å². The molecule has 3 aromatic carbocycles. The molecule has 0 fully saturated rings. The molecule has 0 aromatic heterocycles. The Bertz CT molecular complexity index is 1270. The van der Waals surface area contributed by atoms with Gasteiger partial charge in [0.1, 0.15) is 16.7 Å². The Balaban J connectivity index is 1.78. The molecule has 0 aliphatic rings. The second-order valence-electron chi connectivity index (χ2n) is 7.00. The van der Waals surface area contributed by atoms with Gasteiger partial charge in [-0.05, 0) is 49.4 Å². The molecule has 172 valence electrons. The number of ether oxygens (including phenoxy) is 1. The highest BCUT2D eigenvalue weighted by atomic mass is 35.5. The lowest BCUT2D eigenvalue weighted by atomic mass is 10.2. The fraction of sp³-hybridized carbons (Fsp3) is 0.130. The van der Waals surface area contributed by atoms with Crippen LogP contribution in [-0.4, -0.2) is 33.4 Å². The third-order valence-electron chi connectivity index (χ3n) is 4.62. The van der Waals surface area contributed by atoms with Crippen molar-refractivity contribution in [3.8, 4) is 5.75 Å². The normalized spacial score (nSPS) is 11.8.